The predicted molar refractivity (Wildman–Crippen MR) is 112 cm³/mol. The van der Waals surface area contributed by atoms with E-state index in [-0.39, 0.29) is 23.9 Å². The number of ether oxygens (including phenoxy) is 1. The molecule has 0 spiro atoms. The number of carboxylic acid groups (broad SMARTS) is 1. The van der Waals surface area contributed by atoms with Gasteiger partial charge in [-0.05, 0) is 35.6 Å². The van der Waals surface area contributed by atoms with Crippen molar-refractivity contribution >= 4 is 5.97 Å². The van der Waals surface area contributed by atoms with Gasteiger partial charge in [0.05, 0.1) is 6.61 Å². The molecule has 0 atom stereocenters. The van der Waals surface area contributed by atoms with E-state index < -0.39 is 11.5 Å². The van der Waals surface area contributed by atoms with Gasteiger partial charge in [-0.3, -0.25) is 4.79 Å². The fourth-order valence-electron chi connectivity index (χ4n) is 3.18. The van der Waals surface area contributed by atoms with Crippen LogP contribution in [0.2, 0.25) is 0 Å². The van der Waals surface area contributed by atoms with Gasteiger partial charge in [-0.2, -0.15) is 0 Å². The fourth-order valence-corrected chi connectivity index (χ4v) is 3.18. The van der Waals surface area contributed by atoms with Crippen molar-refractivity contribution in [2.75, 3.05) is 6.61 Å². The van der Waals surface area contributed by atoms with Crippen molar-refractivity contribution in [1.82, 2.24) is 9.97 Å². The van der Waals surface area contributed by atoms with Crippen LogP contribution in [-0.2, 0) is 6.42 Å². The van der Waals surface area contributed by atoms with Gasteiger partial charge in [0.15, 0.2) is 5.69 Å². The number of carboxylic acids is 1. The predicted octanol–water partition coefficient (Wildman–Crippen LogP) is 4.21. The number of benzene rings is 2. The second-order valence-electron chi connectivity index (χ2n) is 6.85. The van der Waals surface area contributed by atoms with E-state index >= 15 is 0 Å². The lowest BCUT2D eigenvalue weighted by Crippen LogP contribution is -2.21. The maximum absolute atomic E-state index is 12.5. The monoisotopic (exact) mass is 392 g/mol. The smallest absolute Gasteiger partial charge is 0.358 e. The highest BCUT2D eigenvalue weighted by Gasteiger charge is 2.20. The van der Waals surface area contributed by atoms with Gasteiger partial charge in [0.2, 0.25) is 5.75 Å². The first kappa shape index (κ1) is 20.3. The number of carbonyl (C=O) groups is 1. The summed E-state index contributed by atoms with van der Waals surface area (Å²) < 4.78 is 5.40. The number of rotatable bonds is 8. The lowest BCUT2D eigenvalue weighted by molar-refractivity contribution is 0.0684. The third-order valence-corrected chi connectivity index (χ3v) is 4.68. The van der Waals surface area contributed by atoms with Gasteiger partial charge >= 0.3 is 5.97 Å². The molecule has 29 heavy (non-hydrogen) atoms. The first-order valence-corrected chi connectivity index (χ1v) is 9.64. The molecule has 0 aliphatic heterocycles. The van der Waals surface area contributed by atoms with E-state index in [9.17, 15) is 14.7 Å². The SMILES string of the molecule is CCCCOc1c(C(=O)O)nc(Cc2ccccc2-c2ccccc2C)[nH]c1=O. The first-order chi connectivity index (χ1) is 14.0. The molecule has 0 saturated carbocycles. The molecule has 6 nitrogen and oxygen atoms in total. The molecule has 2 N–H and O–H groups in total. The van der Waals surface area contributed by atoms with Crippen LogP contribution in [0.1, 0.15) is 47.2 Å². The van der Waals surface area contributed by atoms with Gasteiger partial charge in [0, 0.05) is 6.42 Å². The van der Waals surface area contributed by atoms with Crippen molar-refractivity contribution in [2.45, 2.75) is 33.1 Å². The zero-order valence-corrected chi connectivity index (χ0v) is 16.6. The molecular weight excluding hydrogens is 368 g/mol. The molecule has 0 saturated heterocycles. The Morgan fingerprint density at radius 1 is 1.10 bits per heavy atom. The number of aromatic carboxylic acids is 1. The highest BCUT2D eigenvalue weighted by Crippen LogP contribution is 2.28. The number of hydrogen-bond donors (Lipinski definition) is 2. The van der Waals surface area contributed by atoms with Crippen molar-refractivity contribution in [3.8, 4) is 16.9 Å². The summed E-state index contributed by atoms with van der Waals surface area (Å²) in [6.07, 6.45) is 1.90. The van der Waals surface area contributed by atoms with Gasteiger partial charge in [-0.15, -0.1) is 0 Å². The molecule has 0 aliphatic rings. The Kier molecular flexibility index (Phi) is 6.44. The number of nitrogens with one attached hydrogen (secondary N) is 1. The van der Waals surface area contributed by atoms with E-state index in [4.69, 9.17) is 4.74 Å². The highest BCUT2D eigenvalue weighted by atomic mass is 16.5. The Bertz CT molecular complexity index is 1070. The minimum absolute atomic E-state index is 0.234. The average Bonchev–Trinajstić information content (AvgIpc) is 2.70. The number of nitrogens with zero attached hydrogens (tertiary/aromatic N) is 1. The summed E-state index contributed by atoms with van der Waals surface area (Å²) in [5.74, 6) is -1.23. The molecule has 0 aliphatic carbocycles. The topological polar surface area (TPSA) is 92.3 Å². The maximum Gasteiger partial charge on any atom is 0.358 e. The van der Waals surface area contributed by atoms with E-state index in [0.29, 0.717) is 6.42 Å². The third-order valence-electron chi connectivity index (χ3n) is 4.68. The zero-order valence-electron chi connectivity index (χ0n) is 16.6. The number of aromatic nitrogens is 2. The summed E-state index contributed by atoms with van der Waals surface area (Å²) in [5.41, 5.74) is 3.26. The minimum Gasteiger partial charge on any atom is -0.486 e. The molecule has 0 unspecified atom stereocenters. The first-order valence-electron chi connectivity index (χ1n) is 9.64. The van der Waals surface area contributed by atoms with E-state index in [1.165, 1.54) is 0 Å². The van der Waals surface area contributed by atoms with Crippen LogP contribution < -0.4 is 10.3 Å². The van der Waals surface area contributed by atoms with Crippen molar-refractivity contribution in [3.05, 3.63) is 81.5 Å². The van der Waals surface area contributed by atoms with Crippen LogP contribution in [-0.4, -0.2) is 27.7 Å². The van der Waals surface area contributed by atoms with E-state index in [1.807, 2.05) is 62.4 Å². The summed E-state index contributed by atoms with van der Waals surface area (Å²) in [5, 5.41) is 9.51. The molecule has 6 heteroatoms. The normalized spacial score (nSPS) is 10.7. The summed E-state index contributed by atoms with van der Waals surface area (Å²) in [7, 11) is 0. The van der Waals surface area contributed by atoms with Crippen molar-refractivity contribution in [2.24, 2.45) is 0 Å². The van der Waals surface area contributed by atoms with Crippen molar-refractivity contribution in [3.63, 3.8) is 0 Å². The Hall–Kier alpha value is -3.41. The Labute approximate surface area is 169 Å². The average molecular weight is 392 g/mol. The Balaban J connectivity index is 1.99. The zero-order chi connectivity index (χ0) is 20.8. The van der Waals surface area contributed by atoms with Gasteiger partial charge in [0.25, 0.3) is 5.56 Å². The third kappa shape index (κ3) is 4.71. The molecule has 0 amide bonds. The van der Waals surface area contributed by atoms with E-state index in [0.717, 1.165) is 35.1 Å². The molecule has 0 radical (unpaired) electrons. The van der Waals surface area contributed by atoms with Crippen LogP contribution in [0.4, 0.5) is 0 Å². The van der Waals surface area contributed by atoms with E-state index in [1.54, 1.807) is 0 Å². The second-order valence-corrected chi connectivity index (χ2v) is 6.85. The maximum atomic E-state index is 12.5. The fraction of sp³-hybridized carbons (Fsp3) is 0.261. The quantitative estimate of drug-likeness (QED) is 0.560. The summed E-state index contributed by atoms with van der Waals surface area (Å²) >= 11 is 0. The van der Waals surface area contributed by atoms with Crippen molar-refractivity contribution in [1.29, 1.82) is 0 Å². The molecule has 3 rings (SSSR count). The molecule has 3 aromatic rings. The van der Waals surface area contributed by atoms with Gasteiger partial charge in [0.1, 0.15) is 5.82 Å². The van der Waals surface area contributed by atoms with Crippen LogP contribution in [0.25, 0.3) is 11.1 Å². The van der Waals surface area contributed by atoms with Crippen molar-refractivity contribution < 1.29 is 14.6 Å². The van der Waals surface area contributed by atoms with Crippen LogP contribution in [0.15, 0.2) is 53.3 Å². The van der Waals surface area contributed by atoms with Crippen LogP contribution >= 0.6 is 0 Å². The summed E-state index contributed by atoms with van der Waals surface area (Å²) in [4.78, 5) is 31.0. The molecule has 1 heterocycles. The summed E-state index contributed by atoms with van der Waals surface area (Å²) in [6, 6.07) is 15.9. The van der Waals surface area contributed by atoms with Gasteiger partial charge < -0.3 is 14.8 Å². The number of aromatic amines is 1. The molecule has 150 valence electrons. The Morgan fingerprint density at radius 3 is 2.48 bits per heavy atom. The minimum atomic E-state index is -1.28. The number of aryl methyl sites for hydroxylation is 1. The van der Waals surface area contributed by atoms with Gasteiger partial charge in [-0.25, -0.2) is 9.78 Å². The van der Waals surface area contributed by atoms with Crippen LogP contribution in [0.3, 0.4) is 0 Å². The lowest BCUT2D eigenvalue weighted by Gasteiger charge is -2.13. The number of H-pyrrole nitrogens is 1. The highest BCUT2D eigenvalue weighted by molar-refractivity contribution is 5.88. The molecule has 2 aromatic carbocycles. The summed E-state index contributed by atoms with van der Waals surface area (Å²) in [6.45, 7) is 4.30. The molecule has 0 bridgehead atoms. The lowest BCUT2D eigenvalue weighted by atomic mass is 9.94. The van der Waals surface area contributed by atoms with E-state index in [2.05, 4.69) is 9.97 Å². The van der Waals surface area contributed by atoms with Gasteiger partial charge in [-0.1, -0.05) is 61.9 Å². The standard InChI is InChI=1S/C23H24N2O4/c1-3-4-13-29-21-20(23(27)28)24-19(25-22(21)26)14-16-10-6-8-12-18(16)17-11-7-5-9-15(17)2/h5-12H,3-4,13-14H2,1-2H3,(H,27,28)(H,24,25,26). The molecule has 1 aromatic heterocycles. The van der Waals surface area contributed by atoms with Crippen LogP contribution in [0, 0.1) is 6.92 Å². The second kappa shape index (κ2) is 9.19. The number of unbranched alkanes of at least 4 members (excludes halogenated alkanes) is 1. The Morgan fingerprint density at radius 2 is 1.79 bits per heavy atom. The number of hydrogen-bond acceptors (Lipinski definition) is 4. The molecular formula is C23H24N2O4. The largest absolute Gasteiger partial charge is 0.486 e. The molecule has 0 fully saturated rings. The van der Waals surface area contributed by atoms with Crippen LogP contribution in [0.5, 0.6) is 5.75 Å².